The summed E-state index contributed by atoms with van der Waals surface area (Å²) in [7, 11) is 1.16. The molecule has 0 aliphatic carbocycles. The Labute approximate surface area is 149 Å². The van der Waals surface area contributed by atoms with Gasteiger partial charge in [-0.2, -0.15) is 0 Å². The molecule has 0 unspecified atom stereocenters. The lowest BCUT2D eigenvalue weighted by Gasteiger charge is -2.24. The average molecular weight is 354 g/mol. The van der Waals surface area contributed by atoms with Crippen LogP contribution in [-0.2, 0) is 9.30 Å². The molecule has 0 bridgehead atoms. The van der Waals surface area contributed by atoms with Gasteiger partial charge < -0.3 is 9.64 Å². The second-order valence-electron chi connectivity index (χ2n) is 6.24. The van der Waals surface area contributed by atoms with Crippen molar-refractivity contribution in [2.24, 2.45) is 0 Å². The van der Waals surface area contributed by atoms with Crippen LogP contribution in [0.15, 0.2) is 72.3 Å². The minimum absolute atomic E-state index is 0.627. The summed E-state index contributed by atoms with van der Waals surface area (Å²) in [5, 5.41) is 3.21. The molecule has 0 spiro atoms. The lowest BCUT2D eigenvalue weighted by atomic mass is 10.2. The van der Waals surface area contributed by atoms with E-state index in [0.29, 0.717) is 18.1 Å². The summed E-state index contributed by atoms with van der Waals surface area (Å²) in [6.45, 7) is 1.45. The highest BCUT2D eigenvalue weighted by molar-refractivity contribution is 7.68. The van der Waals surface area contributed by atoms with Gasteiger partial charge in [0.2, 0.25) is 0 Å². The Morgan fingerprint density at radius 1 is 0.880 bits per heavy atom. The first-order valence-corrected chi connectivity index (χ1v) is 10.1. The fourth-order valence-corrected chi connectivity index (χ4v) is 4.38. The highest BCUT2D eigenvalue weighted by Gasteiger charge is 2.26. The number of hydrogen-bond donors (Lipinski definition) is 1. The van der Waals surface area contributed by atoms with E-state index >= 15 is 0 Å². The lowest BCUT2D eigenvalue weighted by molar-refractivity contribution is 0.412. The molecule has 1 heterocycles. The average Bonchev–Trinajstić information content (AvgIpc) is 2.62. The van der Waals surface area contributed by atoms with Crippen LogP contribution >= 0.6 is 7.29 Å². The first kappa shape index (κ1) is 17.7. The molecule has 1 aliphatic rings. The molecule has 130 valence electrons. The van der Waals surface area contributed by atoms with E-state index < -0.39 is 7.29 Å². The van der Waals surface area contributed by atoms with Crippen molar-refractivity contribution in [3.05, 3.63) is 83.4 Å². The van der Waals surface area contributed by atoms with Crippen molar-refractivity contribution in [1.82, 2.24) is 9.99 Å². The molecule has 0 saturated carbocycles. The maximum Gasteiger partial charge on any atom is 0.198 e. The third-order valence-electron chi connectivity index (χ3n) is 3.87. The summed E-state index contributed by atoms with van der Waals surface area (Å²) >= 11 is 0. The van der Waals surface area contributed by atoms with Gasteiger partial charge in [0.1, 0.15) is 11.5 Å². The molecular formula is C20H23N2O2P. The van der Waals surface area contributed by atoms with Crippen molar-refractivity contribution in [2.45, 2.75) is 0 Å². The van der Waals surface area contributed by atoms with Gasteiger partial charge in [0, 0.05) is 35.9 Å². The second-order valence-corrected chi connectivity index (χ2v) is 8.49. The number of nitrogens with zero attached hydrogens (tertiary/aromatic N) is 1. The molecule has 3 rings (SSSR count). The Morgan fingerprint density at radius 3 is 1.80 bits per heavy atom. The molecule has 0 saturated heterocycles. The fraction of sp³-hybridized carbons (Fsp3) is 0.200. The summed E-state index contributed by atoms with van der Waals surface area (Å²) in [5.74, 6) is 4.71. The van der Waals surface area contributed by atoms with E-state index in [0.717, 1.165) is 17.7 Å². The molecule has 4 nitrogen and oxygen atoms in total. The van der Waals surface area contributed by atoms with Crippen molar-refractivity contribution < 1.29 is 9.30 Å². The third kappa shape index (κ3) is 4.70. The van der Waals surface area contributed by atoms with Gasteiger partial charge in [0.15, 0.2) is 7.29 Å². The zero-order chi connectivity index (χ0) is 17.7. The van der Waals surface area contributed by atoms with Gasteiger partial charge in [0.25, 0.3) is 0 Å². The number of hydrogen-bond acceptors (Lipinski definition) is 3. The summed E-state index contributed by atoms with van der Waals surface area (Å²) in [4.78, 5) is 2.06. The molecule has 2 aromatic carbocycles. The van der Waals surface area contributed by atoms with E-state index in [1.54, 1.807) is 11.6 Å². The SMILES string of the molecule is CN(C)CCNP1(=O)C=C(c2ccccc2)OC(c2ccccc2)=C1. The number of nitrogens with one attached hydrogen (secondary N) is 1. The van der Waals surface area contributed by atoms with Crippen molar-refractivity contribution in [3.8, 4) is 0 Å². The maximum absolute atomic E-state index is 13.4. The summed E-state index contributed by atoms with van der Waals surface area (Å²) < 4.78 is 19.5. The van der Waals surface area contributed by atoms with Crippen LogP contribution < -0.4 is 5.09 Å². The van der Waals surface area contributed by atoms with Gasteiger partial charge in [-0.15, -0.1) is 0 Å². The van der Waals surface area contributed by atoms with E-state index in [9.17, 15) is 4.57 Å². The molecule has 0 aromatic heterocycles. The third-order valence-corrected chi connectivity index (χ3v) is 5.83. The van der Waals surface area contributed by atoms with Crippen LogP contribution in [0.1, 0.15) is 11.1 Å². The highest BCUT2D eigenvalue weighted by atomic mass is 31.2. The Bertz CT molecular complexity index is 755. The Hall–Kier alpha value is -2.13. The minimum atomic E-state index is -2.84. The van der Waals surface area contributed by atoms with Crippen LogP contribution in [0.25, 0.3) is 11.5 Å². The minimum Gasteiger partial charge on any atom is -0.456 e. The van der Waals surface area contributed by atoms with Gasteiger partial charge in [0.05, 0.1) is 0 Å². The smallest absolute Gasteiger partial charge is 0.198 e. The number of likely N-dealkylation sites (N-methyl/N-ethyl adjacent to an activating group) is 1. The van der Waals surface area contributed by atoms with Gasteiger partial charge in [-0.05, 0) is 14.1 Å². The van der Waals surface area contributed by atoms with E-state index in [1.807, 2.05) is 74.8 Å². The first-order valence-electron chi connectivity index (χ1n) is 8.29. The highest BCUT2D eigenvalue weighted by Crippen LogP contribution is 2.53. The van der Waals surface area contributed by atoms with Crippen LogP contribution in [0.2, 0.25) is 0 Å². The normalized spacial score (nSPS) is 16.1. The van der Waals surface area contributed by atoms with Crippen LogP contribution in [0.5, 0.6) is 0 Å². The Kier molecular flexibility index (Phi) is 5.54. The zero-order valence-corrected chi connectivity index (χ0v) is 15.4. The summed E-state index contributed by atoms with van der Waals surface area (Å²) in [6, 6.07) is 19.6. The Balaban J connectivity index is 1.94. The summed E-state index contributed by atoms with van der Waals surface area (Å²) in [5.41, 5.74) is 1.83. The molecule has 0 radical (unpaired) electrons. The lowest BCUT2D eigenvalue weighted by Crippen LogP contribution is -2.24. The van der Waals surface area contributed by atoms with E-state index in [4.69, 9.17) is 4.74 Å². The van der Waals surface area contributed by atoms with E-state index in [-0.39, 0.29) is 0 Å². The van der Waals surface area contributed by atoms with Gasteiger partial charge in [-0.25, -0.2) is 0 Å². The number of benzene rings is 2. The molecule has 0 fully saturated rings. The maximum atomic E-state index is 13.4. The number of ether oxygens (including phenoxy) is 1. The van der Waals surface area contributed by atoms with Crippen LogP contribution in [-0.4, -0.2) is 32.1 Å². The predicted molar refractivity (Wildman–Crippen MR) is 104 cm³/mol. The second kappa shape index (κ2) is 7.83. The molecule has 25 heavy (non-hydrogen) atoms. The molecule has 1 N–H and O–H groups in total. The summed E-state index contributed by atoms with van der Waals surface area (Å²) in [6.07, 6.45) is 0. The van der Waals surface area contributed by atoms with Crippen molar-refractivity contribution >= 4 is 18.8 Å². The van der Waals surface area contributed by atoms with E-state index in [1.165, 1.54) is 0 Å². The van der Waals surface area contributed by atoms with Crippen molar-refractivity contribution in [1.29, 1.82) is 0 Å². The molecule has 0 amide bonds. The Morgan fingerprint density at radius 2 is 1.36 bits per heavy atom. The van der Waals surface area contributed by atoms with E-state index in [2.05, 4.69) is 9.99 Å². The van der Waals surface area contributed by atoms with Gasteiger partial charge in [-0.1, -0.05) is 60.7 Å². The molecule has 2 aromatic rings. The molecule has 1 aliphatic heterocycles. The fourth-order valence-electron chi connectivity index (χ4n) is 2.57. The van der Waals surface area contributed by atoms with Crippen molar-refractivity contribution in [2.75, 3.05) is 27.2 Å². The monoisotopic (exact) mass is 354 g/mol. The van der Waals surface area contributed by atoms with Crippen LogP contribution in [0.4, 0.5) is 0 Å². The topological polar surface area (TPSA) is 41.6 Å². The predicted octanol–water partition coefficient (Wildman–Crippen LogP) is 4.44. The quantitative estimate of drug-likeness (QED) is 0.779. The number of rotatable bonds is 6. The van der Waals surface area contributed by atoms with Gasteiger partial charge in [-0.3, -0.25) is 9.65 Å². The van der Waals surface area contributed by atoms with Crippen molar-refractivity contribution in [3.63, 3.8) is 0 Å². The van der Waals surface area contributed by atoms with Crippen LogP contribution in [0, 0.1) is 0 Å². The zero-order valence-electron chi connectivity index (χ0n) is 14.6. The van der Waals surface area contributed by atoms with Crippen LogP contribution in [0.3, 0.4) is 0 Å². The largest absolute Gasteiger partial charge is 0.456 e. The first-order chi connectivity index (χ1) is 12.1. The molecule has 0 atom stereocenters. The molecular weight excluding hydrogens is 331 g/mol. The van der Waals surface area contributed by atoms with Gasteiger partial charge >= 0.3 is 0 Å². The molecule has 5 heteroatoms. The standard InChI is InChI=1S/C20H23N2O2P/c1-22(2)14-13-21-25(23)15-19(17-9-5-3-6-10-17)24-20(16-25)18-11-7-4-8-12-18/h3-12,15-16H,13-14H2,1-2H3,(H,21,23).